The molecule has 19 heavy (non-hydrogen) atoms. The van der Waals surface area contributed by atoms with Crippen molar-refractivity contribution < 1.29 is 4.74 Å². The third-order valence-corrected chi connectivity index (χ3v) is 3.58. The highest BCUT2D eigenvalue weighted by Gasteiger charge is 2.10. The molecule has 3 nitrogen and oxygen atoms in total. The van der Waals surface area contributed by atoms with Crippen LogP contribution in [-0.4, -0.2) is 31.6 Å². The molecule has 3 heteroatoms. The van der Waals surface area contributed by atoms with E-state index in [4.69, 9.17) is 10.00 Å². The molecule has 102 valence electrons. The number of aryl methyl sites for hydroxylation is 1. The van der Waals surface area contributed by atoms with E-state index in [2.05, 4.69) is 36.2 Å². The van der Waals surface area contributed by atoms with Crippen LogP contribution in [0.15, 0.2) is 18.2 Å². The Morgan fingerprint density at radius 2 is 2.26 bits per heavy atom. The third-order valence-electron chi connectivity index (χ3n) is 3.58. The first-order valence-corrected chi connectivity index (χ1v) is 7.09. The van der Waals surface area contributed by atoms with E-state index in [1.165, 1.54) is 11.1 Å². The molecule has 1 aromatic carbocycles. The molecule has 0 saturated heterocycles. The smallest absolute Gasteiger partial charge is 0.122 e. The minimum absolute atomic E-state index is 0.653. The molecule has 0 radical (unpaired) electrons. The molecule has 0 atom stereocenters. The molecule has 0 aromatic heterocycles. The van der Waals surface area contributed by atoms with E-state index < -0.39 is 0 Å². The number of hydrogen-bond acceptors (Lipinski definition) is 3. The minimum Gasteiger partial charge on any atom is -0.493 e. The quantitative estimate of drug-likeness (QED) is 0.736. The Morgan fingerprint density at radius 3 is 3.11 bits per heavy atom. The first kappa shape index (κ1) is 13.9. The Hall–Kier alpha value is -1.53. The Balaban J connectivity index is 1.81. The molecule has 2 rings (SSSR count). The first-order valence-electron chi connectivity index (χ1n) is 7.09. The van der Waals surface area contributed by atoms with E-state index in [0.29, 0.717) is 6.42 Å². The lowest BCUT2D eigenvalue weighted by Crippen LogP contribution is -2.22. The largest absolute Gasteiger partial charge is 0.493 e. The highest BCUT2D eigenvalue weighted by atomic mass is 16.5. The SMILES string of the molecule is CN(CCCC#N)CCc1ccc2c(c1)CCCO2. The Bertz CT molecular complexity index is 451. The standard InChI is InChI=1S/C16H22N2O/c1-18(10-3-2-9-17)11-8-14-6-7-16-15(13-14)5-4-12-19-16/h6-7,13H,2-5,8,10-12H2,1H3. The number of likely N-dealkylation sites (N-methyl/N-ethyl adjacent to an activating group) is 1. The first-order chi connectivity index (χ1) is 9.29. The van der Waals surface area contributed by atoms with Crippen LogP contribution in [0.1, 0.15) is 30.4 Å². The number of hydrogen-bond donors (Lipinski definition) is 0. The maximum atomic E-state index is 8.52. The van der Waals surface area contributed by atoms with Crippen LogP contribution >= 0.6 is 0 Å². The molecular weight excluding hydrogens is 236 g/mol. The van der Waals surface area contributed by atoms with Gasteiger partial charge in [-0.05, 0) is 56.5 Å². The summed E-state index contributed by atoms with van der Waals surface area (Å²) in [7, 11) is 2.12. The van der Waals surface area contributed by atoms with Crippen molar-refractivity contribution in [1.82, 2.24) is 4.90 Å². The summed E-state index contributed by atoms with van der Waals surface area (Å²) in [6.45, 7) is 2.90. The van der Waals surface area contributed by atoms with E-state index in [0.717, 1.165) is 51.1 Å². The average Bonchev–Trinajstić information content (AvgIpc) is 2.45. The Morgan fingerprint density at radius 1 is 1.37 bits per heavy atom. The molecule has 1 aliphatic heterocycles. The minimum atomic E-state index is 0.653. The van der Waals surface area contributed by atoms with Crippen LogP contribution < -0.4 is 4.74 Å². The van der Waals surface area contributed by atoms with Crippen molar-refractivity contribution in [3.63, 3.8) is 0 Å². The number of unbranched alkanes of at least 4 members (excludes halogenated alkanes) is 1. The molecule has 1 aliphatic rings. The summed E-state index contributed by atoms with van der Waals surface area (Å²) in [4.78, 5) is 2.30. The van der Waals surface area contributed by atoms with Gasteiger partial charge < -0.3 is 9.64 Å². The average molecular weight is 258 g/mol. The zero-order valence-corrected chi connectivity index (χ0v) is 11.7. The fourth-order valence-corrected chi connectivity index (χ4v) is 2.43. The summed E-state index contributed by atoms with van der Waals surface area (Å²) in [6, 6.07) is 8.76. The number of benzene rings is 1. The second kappa shape index (κ2) is 7.16. The molecule has 0 amide bonds. The van der Waals surface area contributed by atoms with E-state index in [1.54, 1.807) is 0 Å². The summed E-state index contributed by atoms with van der Waals surface area (Å²) in [6.07, 6.45) is 4.95. The highest BCUT2D eigenvalue weighted by molar-refractivity contribution is 5.38. The number of nitriles is 1. The summed E-state index contributed by atoms with van der Waals surface area (Å²) in [5.74, 6) is 1.07. The second-order valence-corrected chi connectivity index (χ2v) is 5.21. The van der Waals surface area contributed by atoms with Gasteiger partial charge >= 0.3 is 0 Å². The summed E-state index contributed by atoms with van der Waals surface area (Å²) >= 11 is 0. The zero-order chi connectivity index (χ0) is 13.5. The van der Waals surface area contributed by atoms with E-state index in [1.807, 2.05) is 0 Å². The molecule has 0 aliphatic carbocycles. The van der Waals surface area contributed by atoms with Crippen molar-refractivity contribution in [2.24, 2.45) is 0 Å². The molecule has 0 saturated carbocycles. The number of nitrogens with zero attached hydrogens (tertiary/aromatic N) is 2. The van der Waals surface area contributed by atoms with Gasteiger partial charge in [0.1, 0.15) is 5.75 Å². The number of rotatable bonds is 6. The normalized spacial score (nSPS) is 13.7. The molecule has 1 heterocycles. The van der Waals surface area contributed by atoms with Gasteiger partial charge in [-0.1, -0.05) is 12.1 Å². The van der Waals surface area contributed by atoms with Crippen molar-refractivity contribution >= 4 is 0 Å². The summed E-state index contributed by atoms with van der Waals surface area (Å²) in [5, 5.41) is 8.52. The molecular formula is C16H22N2O. The maximum Gasteiger partial charge on any atom is 0.122 e. The predicted molar refractivity (Wildman–Crippen MR) is 76.3 cm³/mol. The number of fused-ring (bicyclic) bond motifs is 1. The van der Waals surface area contributed by atoms with Crippen molar-refractivity contribution in [3.05, 3.63) is 29.3 Å². The lowest BCUT2D eigenvalue weighted by molar-refractivity contribution is 0.288. The molecule has 0 N–H and O–H groups in total. The molecule has 0 unspecified atom stereocenters. The topological polar surface area (TPSA) is 36.3 Å². The van der Waals surface area contributed by atoms with Gasteiger partial charge in [0.25, 0.3) is 0 Å². The van der Waals surface area contributed by atoms with Gasteiger partial charge in [-0.3, -0.25) is 0 Å². The van der Waals surface area contributed by atoms with Crippen molar-refractivity contribution in [2.45, 2.75) is 32.1 Å². The highest BCUT2D eigenvalue weighted by Crippen LogP contribution is 2.25. The maximum absolute atomic E-state index is 8.52. The Kier molecular flexibility index (Phi) is 5.23. The molecule has 0 bridgehead atoms. The second-order valence-electron chi connectivity index (χ2n) is 5.21. The number of ether oxygens (including phenoxy) is 1. The van der Waals surface area contributed by atoms with Crippen LogP contribution in [0.5, 0.6) is 5.75 Å². The zero-order valence-electron chi connectivity index (χ0n) is 11.7. The van der Waals surface area contributed by atoms with Crippen molar-refractivity contribution in [3.8, 4) is 11.8 Å². The predicted octanol–water partition coefficient (Wildman–Crippen LogP) is 2.79. The lowest BCUT2D eigenvalue weighted by Gasteiger charge is -2.19. The van der Waals surface area contributed by atoms with Crippen molar-refractivity contribution in [1.29, 1.82) is 5.26 Å². The van der Waals surface area contributed by atoms with E-state index in [-0.39, 0.29) is 0 Å². The Labute approximate surface area is 115 Å². The third kappa shape index (κ3) is 4.25. The fourth-order valence-electron chi connectivity index (χ4n) is 2.43. The van der Waals surface area contributed by atoms with Gasteiger partial charge in [-0.25, -0.2) is 0 Å². The summed E-state index contributed by atoms with van der Waals surface area (Å²) < 4.78 is 5.63. The molecule has 1 aromatic rings. The summed E-state index contributed by atoms with van der Waals surface area (Å²) in [5.41, 5.74) is 2.74. The van der Waals surface area contributed by atoms with E-state index >= 15 is 0 Å². The van der Waals surface area contributed by atoms with Crippen LogP contribution in [0, 0.1) is 11.3 Å². The lowest BCUT2D eigenvalue weighted by atomic mass is 10.0. The van der Waals surface area contributed by atoms with Gasteiger partial charge in [-0.2, -0.15) is 5.26 Å². The van der Waals surface area contributed by atoms with Gasteiger partial charge in [0.05, 0.1) is 12.7 Å². The van der Waals surface area contributed by atoms with E-state index in [9.17, 15) is 0 Å². The molecule has 0 fully saturated rings. The van der Waals surface area contributed by atoms with Gasteiger partial charge in [-0.15, -0.1) is 0 Å². The van der Waals surface area contributed by atoms with Gasteiger partial charge in [0.2, 0.25) is 0 Å². The van der Waals surface area contributed by atoms with Gasteiger partial charge in [0.15, 0.2) is 0 Å². The van der Waals surface area contributed by atoms with Crippen molar-refractivity contribution in [2.75, 3.05) is 26.7 Å². The van der Waals surface area contributed by atoms with Crippen LogP contribution in [0.3, 0.4) is 0 Å². The monoisotopic (exact) mass is 258 g/mol. The molecule has 0 spiro atoms. The van der Waals surface area contributed by atoms with Crippen LogP contribution in [0.25, 0.3) is 0 Å². The van der Waals surface area contributed by atoms with Crippen LogP contribution in [0.2, 0.25) is 0 Å². The van der Waals surface area contributed by atoms with Gasteiger partial charge in [0, 0.05) is 13.0 Å². The van der Waals surface area contributed by atoms with Crippen LogP contribution in [0.4, 0.5) is 0 Å². The fraction of sp³-hybridized carbons (Fsp3) is 0.562. The van der Waals surface area contributed by atoms with Crippen LogP contribution in [-0.2, 0) is 12.8 Å².